The molecule has 0 saturated heterocycles. The number of para-hydroxylation sites is 1. The van der Waals surface area contributed by atoms with Crippen molar-refractivity contribution < 1.29 is 9.53 Å². The number of nitrogens with one attached hydrogen (secondary N) is 2. The van der Waals surface area contributed by atoms with Crippen LogP contribution in [0.3, 0.4) is 0 Å². The van der Waals surface area contributed by atoms with Gasteiger partial charge in [0.1, 0.15) is 5.60 Å². The molecule has 22 heavy (non-hydrogen) atoms. The number of alkyl carbamates (subject to hydrolysis) is 1. The number of benzene rings is 1. The van der Waals surface area contributed by atoms with Crippen molar-refractivity contribution >= 4 is 28.6 Å². The van der Waals surface area contributed by atoms with Crippen molar-refractivity contribution in [2.24, 2.45) is 0 Å². The number of carbonyl (C=O) groups excluding carboxylic acids is 1. The number of fused-ring (bicyclic) bond motifs is 3. The molecule has 3 rings (SSSR count). The van der Waals surface area contributed by atoms with Gasteiger partial charge in [0.15, 0.2) is 0 Å². The second-order valence-electron chi connectivity index (χ2n) is 6.83. The van der Waals surface area contributed by atoms with Crippen LogP contribution in [0.4, 0.5) is 4.79 Å². The van der Waals surface area contributed by atoms with Gasteiger partial charge in [-0.3, -0.25) is 0 Å². The Morgan fingerprint density at radius 2 is 2.18 bits per heavy atom. The van der Waals surface area contributed by atoms with Gasteiger partial charge in [0.2, 0.25) is 0 Å². The van der Waals surface area contributed by atoms with Crippen LogP contribution in [-0.2, 0) is 17.6 Å². The van der Waals surface area contributed by atoms with Crippen molar-refractivity contribution in [3.05, 3.63) is 34.5 Å². The number of aromatic amines is 1. The second kappa shape index (κ2) is 5.51. The molecule has 118 valence electrons. The summed E-state index contributed by atoms with van der Waals surface area (Å²) in [5.41, 5.74) is 3.00. The number of carbonyl (C=O) groups is 1. The van der Waals surface area contributed by atoms with E-state index in [9.17, 15) is 4.79 Å². The molecule has 1 aromatic carbocycles. The Kier molecular flexibility index (Phi) is 3.81. The minimum atomic E-state index is -0.474. The standard InChI is InChI=1S/C17H21ClN2O2/c1-17(2,3)22-16(21)19-10-7-8-14-12(9-10)11-5-4-6-13(18)15(11)20-14/h4-6,10,20H,7-9H2,1-3H3,(H,19,21). The quantitative estimate of drug-likeness (QED) is 0.827. The largest absolute Gasteiger partial charge is 0.444 e. The first kappa shape index (κ1) is 15.2. The van der Waals surface area contributed by atoms with Crippen molar-refractivity contribution in [2.75, 3.05) is 0 Å². The summed E-state index contributed by atoms with van der Waals surface area (Å²) >= 11 is 6.25. The topological polar surface area (TPSA) is 54.1 Å². The van der Waals surface area contributed by atoms with E-state index < -0.39 is 5.60 Å². The lowest BCUT2D eigenvalue weighted by Gasteiger charge is -2.26. The fourth-order valence-electron chi connectivity index (χ4n) is 3.00. The molecule has 5 heteroatoms. The van der Waals surface area contributed by atoms with Gasteiger partial charge in [0.25, 0.3) is 0 Å². The Morgan fingerprint density at radius 3 is 2.91 bits per heavy atom. The molecule has 0 saturated carbocycles. The van der Waals surface area contributed by atoms with E-state index in [2.05, 4.69) is 16.4 Å². The zero-order chi connectivity index (χ0) is 15.9. The molecule has 2 aromatic rings. The molecule has 2 N–H and O–H groups in total. The third-order valence-electron chi connectivity index (χ3n) is 3.89. The fraction of sp³-hybridized carbons (Fsp3) is 0.471. The normalized spacial score (nSPS) is 18.1. The Labute approximate surface area is 135 Å². The Balaban J connectivity index is 1.78. The van der Waals surface area contributed by atoms with Gasteiger partial charge < -0.3 is 15.0 Å². The lowest BCUT2D eigenvalue weighted by Crippen LogP contribution is -2.41. The van der Waals surface area contributed by atoms with Gasteiger partial charge in [-0.1, -0.05) is 23.7 Å². The molecule has 0 aliphatic heterocycles. The number of hydrogen-bond donors (Lipinski definition) is 2. The van der Waals surface area contributed by atoms with Crippen LogP contribution in [0.2, 0.25) is 5.02 Å². The molecule has 0 spiro atoms. The van der Waals surface area contributed by atoms with Crippen molar-refractivity contribution in [3.8, 4) is 0 Å². The Morgan fingerprint density at radius 1 is 1.41 bits per heavy atom. The molecular formula is C17H21ClN2O2. The van der Waals surface area contributed by atoms with E-state index in [4.69, 9.17) is 16.3 Å². The van der Waals surface area contributed by atoms with E-state index in [0.717, 1.165) is 35.2 Å². The van der Waals surface area contributed by atoms with E-state index in [-0.39, 0.29) is 12.1 Å². The molecule has 1 atom stereocenters. The lowest BCUT2D eigenvalue weighted by atomic mass is 9.91. The van der Waals surface area contributed by atoms with E-state index in [1.54, 1.807) is 0 Å². The summed E-state index contributed by atoms with van der Waals surface area (Å²) in [7, 11) is 0. The third kappa shape index (κ3) is 3.07. The molecule has 0 bridgehead atoms. The van der Waals surface area contributed by atoms with Crippen LogP contribution in [0.25, 0.3) is 10.9 Å². The van der Waals surface area contributed by atoms with Gasteiger partial charge in [-0.05, 0) is 51.7 Å². The predicted octanol–water partition coefficient (Wildman–Crippen LogP) is 4.20. The van der Waals surface area contributed by atoms with Crippen LogP contribution in [0, 0.1) is 0 Å². The maximum Gasteiger partial charge on any atom is 0.407 e. The highest BCUT2D eigenvalue weighted by Crippen LogP contribution is 2.32. The zero-order valence-corrected chi connectivity index (χ0v) is 13.9. The Hall–Kier alpha value is -1.68. The second-order valence-corrected chi connectivity index (χ2v) is 7.24. The molecule has 4 nitrogen and oxygen atoms in total. The SMILES string of the molecule is CC(C)(C)OC(=O)NC1CCc2[nH]c3c(Cl)cccc3c2C1. The van der Waals surface area contributed by atoms with Crippen LogP contribution >= 0.6 is 11.6 Å². The number of rotatable bonds is 1. The highest BCUT2D eigenvalue weighted by Gasteiger charge is 2.26. The molecule has 0 radical (unpaired) electrons. The maximum atomic E-state index is 11.9. The van der Waals surface area contributed by atoms with Crippen LogP contribution < -0.4 is 5.32 Å². The van der Waals surface area contributed by atoms with Crippen molar-refractivity contribution in [2.45, 2.75) is 51.7 Å². The summed E-state index contributed by atoms with van der Waals surface area (Å²) < 4.78 is 5.34. The minimum absolute atomic E-state index is 0.0975. The Bertz CT molecular complexity index is 715. The number of halogens is 1. The van der Waals surface area contributed by atoms with Crippen molar-refractivity contribution in [3.63, 3.8) is 0 Å². The number of amides is 1. The van der Waals surface area contributed by atoms with Crippen LogP contribution in [-0.4, -0.2) is 22.7 Å². The first-order valence-electron chi connectivity index (χ1n) is 7.61. The van der Waals surface area contributed by atoms with Gasteiger partial charge in [-0.2, -0.15) is 0 Å². The average Bonchev–Trinajstić information content (AvgIpc) is 2.76. The molecule has 1 aliphatic rings. The van der Waals surface area contributed by atoms with Gasteiger partial charge in [0.05, 0.1) is 10.5 Å². The summed E-state index contributed by atoms with van der Waals surface area (Å²) in [6.07, 6.45) is 2.26. The summed E-state index contributed by atoms with van der Waals surface area (Å²) in [6, 6.07) is 6.03. The van der Waals surface area contributed by atoms with Gasteiger partial charge >= 0.3 is 6.09 Å². The van der Waals surface area contributed by atoms with Gasteiger partial charge in [-0.25, -0.2) is 4.79 Å². The summed E-state index contributed by atoms with van der Waals surface area (Å²) in [5, 5.41) is 4.87. The molecule has 1 aliphatic carbocycles. The molecule has 1 unspecified atom stereocenters. The zero-order valence-electron chi connectivity index (χ0n) is 13.1. The molecular weight excluding hydrogens is 300 g/mol. The van der Waals surface area contributed by atoms with Gasteiger partial charge in [0, 0.05) is 17.1 Å². The first-order valence-corrected chi connectivity index (χ1v) is 7.99. The first-order chi connectivity index (χ1) is 10.3. The van der Waals surface area contributed by atoms with E-state index in [0.29, 0.717) is 0 Å². The number of H-pyrrole nitrogens is 1. The molecule has 0 fully saturated rings. The van der Waals surface area contributed by atoms with Crippen LogP contribution in [0.5, 0.6) is 0 Å². The van der Waals surface area contributed by atoms with Gasteiger partial charge in [-0.15, -0.1) is 0 Å². The van der Waals surface area contributed by atoms with E-state index >= 15 is 0 Å². The highest BCUT2D eigenvalue weighted by molar-refractivity contribution is 6.35. The van der Waals surface area contributed by atoms with Crippen molar-refractivity contribution in [1.29, 1.82) is 0 Å². The number of hydrogen-bond acceptors (Lipinski definition) is 2. The summed E-state index contributed by atoms with van der Waals surface area (Å²) in [6.45, 7) is 5.60. The lowest BCUT2D eigenvalue weighted by molar-refractivity contribution is 0.0500. The molecule has 1 amide bonds. The van der Waals surface area contributed by atoms with Crippen LogP contribution in [0.15, 0.2) is 18.2 Å². The summed E-state index contributed by atoms with van der Waals surface area (Å²) in [5.74, 6) is 0. The predicted molar refractivity (Wildman–Crippen MR) is 88.5 cm³/mol. The number of ether oxygens (including phenoxy) is 1. The van der Waals surface area contributed by atoms with Crippen LogP contribution in [0.1, 0.15) is 38.4 Å². The average molecular weight is 321 g/mol. The smallest absolute Gasteiger partial charge is 0.407 e. The minimum Gasteiger partial charge on any atom is -0.444 e. The fourth-order valence-corrected chi connectivity index (χ4v) is 3.22. The third-order valence-corrected chi connectivity index (χ3v) is 4.21. The molecule has 1 heterocycles. The molecule has 1 aromatic heterocycles. The maximum absolute atomic E-state index is 11.9. The summed E-state index contributed by atoms with van der Waals surface area (Å²) in [4.78, 5) is 15.4. The van der Waals surface area contributed by atoms with E-state index in [1.807, 2.05) is 32.9 Å². The monoisotopic (exact) mass is 320 g/mol. The number of aryl methyl sites for hydroxylation is 1. The highest BCUT2D eigenvalue weighted by atomic mass is 35.5. The van der Waals surface area contributed by atoms with Crippen molar-refractivity contribution in [1.82, 2.24) is 10.3 Å². The van der Waals surface area contributed by atoms with E-state index in [1.165, 1.54) is 11.3 Å². The number of aromatic nitrogens is 1.